The van der Waals surface area contributed by atoms with Crippen molar-refractivity contribution < 1.29 is 14.4 Å². The maximum absolute atomic E-state index is 12.5. The van der Waals surface area contributed by atoms with Crippen molar-refractivity contribution in [2.45, 2.75) is 42.5 Å². The number of nitrogens with zero attached hydrogens (tertiary/aromatic N) is 1. The molecule has 1 aromatic rings. The molecule has 0 unspecified atom stereocenters. The third-order valence-corrected chi connectivity index (χ3v) is 5.89. The Morgan fingerprint density at radius 3 is 2.62 bits per heavy atom. The van der Waals surface area contributed by atoms with Gasteiger partial charge in [-0.15, -0.1) is 11.8 Å². The number of nitrogens with one attached hydrogen (secondary N) is 2. The van der Waals surface area contributed by atoms with Crippen molar-refractivity contribution in [2.24, 2.45) is 0 Å². The van der Waals surface area contributed by atoms with Crippen LogP contribution in [0.15, 0.2) is 29.2 Å². The number of carbonyl (C=O) groups excluding carboxylic acids is 3. The van der Waals surface area contributed by atoms with E-state index in [1.54, 1.807) is 16.7 Å². The zero-order valence-electron chi connectivity index (χ0n) is 15.0. The first-order valence-corrected chi connectivity index (χ1v) is 10.2. The standard InChI is InChI=1S/C19H25N3O3S/c1-26-15-4-2-14(3-5-15)12-19(8-6-16(23)21-19)9-7-18(25)22-11-10-20-17(24)13-22/h2-5H,6-13H2,1H3,(H,20,24)(H,21,23)/t19-/m0/s1. The average molecular weight is 375 g/mol. The lowest BCUT2D eigenvalue weighted by molar-refractivity contribution is -0.138. The van der Waals surface area contributed by atoms with Crippen LogP contribution in [0.4, 0.5) is 0 Å². The van der Waals surface area contributed by atoms with Crippen molar-refractivity contribution >= 4 is 29.5 Å². The van der Waals surface area contributed by atoms with Crippen molar-refractivity contribution in [3.63, 3.8) is 0 Å². The van der Waals surface area contributed by atoms with Crippen LogP contribution in [-0.4, -0.2) is 54.1 Å². The number of hydrogen-bond acceptors (Lipinski definition) is 4. The largest absolute Gasteiger partial charge is 0.353 e. The summed E-state index contributed by atoms with van der Waals surface area (Å²) in [4.78, 5) is 38.7. The van der Waals surface area contributed by atoms with Gasteiger partial charge in [0, 0.05) is 36.4 Å². The van der Waals surface area contributed by atoms with Gasteiger partial charge in [-0.1, -0.05) is 12.1 Å². The van der Waals surface area contributed by atoms with E-state index >= 15 is 0 Å². The first kappa shape index (κ1) is 18.8. The van der Waals surface area contributed by atoms with E-state index in [-0.39, 0.29) is 29.8 Å². The zero-order chi connectivity index (χ0) is 18.6. The Kier molecular flexibility index (Phi) is 5.86. The molecular formula is C19H25N3O3S. The van der Waals surface area contributed by atoms with Crippen molar-refractivity contribution in [3.8, 4) is 0 Å². The van der Waals surface area contributed by atoms with E-state index in [1.165, 1.54) is 4.90 Å². The summed E-state index contributed by atoms with van der Waals surface area (Å²) in [5.41, 5.74) is 0.792. The summed E-state index contributed by atoms with van der Waals surface area (Å²) in [6, 6.07) is 8.35. The smallest absolute Gasteiger partial charge is 0.239 e. The van der Waals surface area contributed by atoms with Gasteiger partial charge in [0.2, 0.25) is 17.7 Å². The molecule has 26 heavy (non-hydrogen) atoms. The summed E-state index contributed by atoms with van der Waals surface area (Å²) >= 11 is 1.70. The zero-order valence-corrected chi connectivity index (χ0v) is 15.9. The average Bonchev–Trinajstić information content (AvgIpc) is 3.01. The lowest BCUT2D eigenvalue weighted by Gasteiger charge is -2.31. The number of amides is 3. The Hall–Kier alpha value is -2.02. The van der Waals surface area contributed by atoms with E-state index in [2.05, 4.69) is 34.9 Å². The fourth-order valence-electron chi connectivity index (χ4n) is 3.67. The highest BCUT2D eigenvalue weighted by atomic mass is 32.2. The van der Waals surface area contributed by atoms with Gasteiger partial charge in [0.05, 0.1) is 6.54 Å². The van der Waals surface area contributed by atoms with Crippen LogP contribution in [0.25, 0.3) is 0 Å². The fourth-order valence-corrected chi connectivity index (χ4v) is 4.08. The summed E-state index contributed by atoms with van der Waals surface area (Å²) in [5, 5.41) is 5.85. The van der Waals surface area contributed by atoms with Crippen LogP contribution in [0, 0.1) is 0 Å². The summed E-state index contributed by atoms with van der Waals surface area (Å²) < 4.78 is 0. The quantitative estimate of drug-likeness (QED) is 0.736. The van der Waals surface area contributed by atoms with Gasteiger partial charge in [-0.3, -0.25) is 14.4 Å². The first-order chi connectivity index (χ1) is 12.5. The molecule has 0 saturated carbocycles. The number of rotatable bonds is 6. The van der Waals surface area contributed by atoms with E-state index in [9.17, 15) is 14.4 Å². The van der Waals surface area contributed by atoms with Crippen molar-refractivity contribution in [2.75, 3.05) is 25.9 Å². The summed E-state index contributed by atoms with van der Waals surface area (Å²) in [7, 11) is 0. The molecule has 0 aliphatic carbocycles. The molecular weight excluding hydrogens is 350 g/mol. The maximum atomic E-state index is 12.5. The molecule has 1 atom stereocenters. The predicted octanol–water partition coefficient (Wildman–Crippen LogP) is 1.34. The lowest BCUT2D eigenvalue weighted by atomic mass is 9.85. The monoisotopic (exact) mass is 375 g/mol. The molecule has 140 valence electrons. The number of benzene rings is 1. The molecule has 0 aromatic heterocycles. The Morgan fingerprint density at radius 2 is 2.00 bits per heavy atom. The molecule has 2 saturated heterocycles. The van der Waals surface area contributed by atoms with Crippen LogP contribution in [0.1, 0.15) is 31.2 Å². The molecule has 3 rings (SSSR count). The molecule has 0 radical (unpaired) electrons. The number of piperazine rings is 1. The highest BCUT2D eigenvalue weighted by Gasteiger charge is 2.38. The molecule has 7 heteroatoms. The summed E-state index contributed by atoms with van der Waals surface area (Å²) in [5.74, 6) is -0.0731. The van der Waals surface area contributed by atoms with E-state index in [4.69, 9.17) is 0 Å². The van der Waals surface area contributed by atoms with Gasteiger partial charge in [0.15, 0.2) is 0 Å². The van der Waals surface area contributed by atoms with Crippen LogP contribution in [0.3, 0.4) is 0 Å². The third-order valence-electron chi connectivity index (χ3n) is 5.15. The molecule has 2 N–H and O–H groups in total. The molecule has 0 spiro atoms. The third kappa shape index (κ3) is 4.58. The first-order valence-electron chi connectivity index (χ1n) is 8.98. The van der Waals surface area contributed by atoms with E-state index in [0.717, 1.165) is 18.4 Å². The van der Waals surface area contributed by atoms with E-state index in [0.29, 0.717) is 32.4 Å². The Labute approximate surface area is 158 Å². The topological polar surface area (TPSA) is 78.5 Å². The van der Waals surface area contributed by atoms with Crippen molar-refractivity contribution in [3.05, 3.63) is 29.8 Å². The van der Waals surface area contributed by atoms with Gasteiger partial charge in [-0.2, -0.15) is 0 Å². The molecule has 2 fully saturated rings. The Bertz CT molecular complexity index is 692. The Balaban J connectivity index is 1.64. The summed E-state index contributed by atoms with van der Waals surface area (Å²) in [6.45, 7) is 1.20. The molecule has 0 bridgehead atoms. The van der Waals surface area contributed by atoms with Gasteiger partial charge >= 0.3 is 0 Å². The summed E-state index contributed by atoms with van der Waals surface area (Å²) in [6.07, 6.45) is 4.95. The van der Waals surface area contributed by atoms with E-state index < -0.39 is 0 Å². The van der Waals surface area contributed by atoms with Crippen LogP contribution in [-0.2, 0) is 20.8 Å². The van der Waals surface area contributed by atoms with Crippen molar-refractivity contribution in [1.29, 1.82) is 0 Å². The fraction of sp³-hybridized carbons (Fsp3) is 0.526. The Morgan fingerprint density at radius 1 is 1.23 bits per heavy atom. The van der Waals surface area contributed by atoms with Gasteiger partial charge in [0.25, 0.3) is 0 Å². The SMILES string of the molecule is CSc1ccc(C[C@@]2(CCC(=O)N3CCNC(=O)C3)CCC(=O)N2)cc1. The predicted molar refractivity (Wildman–Crippen MR) is 101 cm³/mol. The lowest BCUT2D eigenvalue weighted by Crippen LogP contribution is -2.51. The van der Waals surface area contributed by atoms with Crippen LogP contribution >= 0.6 is 11.8 Å². The minimum Gasteiger partial charge on any atom is -0.353 e. The van der Waals surface area contributed by atoms with Gasteiger partial charge in [0.1, 0.15) is 0 Å². The molecule has 1 aromatic carbocycles. The molecule has 2 aliphatic heterocycles. The second kappa shape index (κ2) is 8.12. The van der Waals surface area contributed by atoms with Crippen LogP contribution < -0.4 is 10.6 Å². The van der Waals surface area contributed by atoms with E-state index in [1.807, 2.05) is 6.26 Å². The van der Waals surface area contributed by atoms with Crippen molar-refractivity contribution in [1.82, 2.24) is 15.5 Å². The minimum atomic E-state index is -0.369. The van der Waals surface area contributed by atoms with Gasteiger partial charge in [-0.05, 0) is 43.2 Å². The highest BCUT2D eigenvalue weighted by molar-refractivity contribution is 7.98. The van der Waals surface area contributed by atoms with Gasteiger partial charge in [-0.25, -0.2) is 0 Å². The highest BCUT2D eigenvalue weighted by Crippen LogP contribution is 2.30. The molecule has 2 heterocycles. The second-order valence-electron chi connectivity index (χ2n) is 7.02. The second-order valence-corrected chi connectivity index (χ2v) is 7.90. The maximum Gasteiger partial charge on any atom is 0.239 e. The normalized spacial score (nSPS) is 22.9. The number of thioether (sulfide) groups is 1. The molecule has 3 amide bonds. The molecule has 6 nitrogen and oxygen atoms in total. The van der Waals surface area contributed by atoms with Crippen LogP contribution in [0.2, 0.25) is 0 Å². The number of hydrogen-bond donors (Lipinski definition) is 2. The number of carbonyl (C=O) groups is 3. The van der Waals surface area contributed by atoms with Gasteiger partial charge < -0.3 is 15.5 Å². The minimum absolute atomic E-state index is 0.0156. The molecule has 2 aliphatic rings. The van der Waals surface area contributed by atoms with Crippen LogP contribution in [0.5, 0.6) is 0 Å².